The summed E-state index contributed by atoms with van der Waals surface area (Å²) in [5.41, 5.74) is 0. The number of carbonyl (C=O) groups excluding carboxylic acids is 2. The minimum Gasteiger partial charge on any atom is -0.469 e. The molecule has 0 aliphatic rings. The second-order valence-electron chi connectivity index (χ2n) is 6.45. The highest BCUT2D eigenvalue weighted by atomic mass is 19.3. The summed E-state index contributed by atoms with van der Waals surface area (Å²) in [5, 5.41) is 0. The average Bonchev–Trinajstić information content (AvgIpc) is 2.59. The Labute approximate surface area is 150 Å². The molecule has 0 aromatic rings. The number of hydrogen-bond donors (Lipinski definition) is 0. The molecule has 0 aromatic carbocycles. The van der Waals surface area contributed by atoms with Crippen LogP contribution in [-0.2, 0) is 19.1 Å². The van der Waals surface area contributed by atoms with Crippen LogP contribution < -0.4 is 0 Å². The molecule has 0 spiro atoms. The number of methoxy groups -OCH3 is 1. The summed E-state index contributed by atoms with van der Waals surface area (Å²) in [7, 11) is 1.37. The van der Waals surface area contributed by atoms with Gasteiger partial charge in [-0.1, -0.05) is 58.3 Å². The average molecular weight is 364 g/mol. The monoisotopic (exact) mass is 364 g/mol. The van der Waals surface area contributed by atoms with Crippen molar-refractivity contribution in [1.82, 2.24) is 0 Å². The summed E-state index contributed by atoms with van der Waals surface area (Å²) in [4.78, 5) is 22.3. The Balaban J connectivity index is 3.56. The lowest BCUT2D eigenvalue weighted by Gasteiger charge is -2.15. The first kappa shape index (κ1) is 23.8. The van der Waals surface area contributed by atoms with Crippen molar-refractivity contribution in [3.8, 4) is 0 Å². The van der Waals surface area contributed by atoms with E-state index in [-0.39, 0.29) is 12.6 Å². The summed E-state index contributed by atoms with van der Waals surface area (Å²) in [6.45, 7) is 2.11. The molecule has 4 nitrogen and oxygen atoms in total. The third kappa shape index (κ3) is 13.7. The first-order chi connectivity index (χ1) is 11.9. The summed E-state index contributed by atoms with van der Waals surface area (Å²) in [5.74, 6) is -4.95. The Morgan fingerprint density at radius 1 is 0.840 bits per heavy atom. The van der Waals surface area contributed by atoms with Gasteiger partial charge in [0.25, 0.3) is 0 Å². The summed E-state index contributed by atoms with van der Waals surface area (Å²) >= 11 is 0. The molecule has 0 aliphatic carbocycles. The zero-order valence-electron chi connectivity index (χ0n) is 15.8. The highest BCUT2D eigenvalue weighted by molar-refractivity contribution is 5.77. The first-order valence-electron chi connectivity index (χ1n) is 9.56. The molecule has 0 saturated heterocycles. The van der Waals surface area contributed by atoms with E-state index in [1.807, 2.05) is 0 Å². The highest BCUT2D eigenvalue weighted by Crippen LogP contribution is 2.24. The van der Waals surface area contributed by atoms with E-state index in [0.717, 1.165) is 57.8 Å². The lowest BCUT2D eigenvalue weighted by Crippen LogP contribution is -2.31. The van der Waals surface area contributed by atoms with Gasteiger partial charge in [-0.25, -0.2) is 4.79 Å². The molecule has 0 aromatic heterocycles. The van der Waals surface area contributed by atoms with Crippen LogP contribution in [0.15, 0.2) is 0 Å². The Kier molecular flexibility index (Phi) is 14.4. The van der Waals surface area contributed by atoms with E-state index in [1.54, 1.807) is 0 Å². The van der Waals surface area contributed by atoms with Crippen molar-refractivity contribution in [2.24, 2.45) is 0 Å². The van der Waals surface area contributed by atoms with Crippen molar-refractivity contribution in [1.29, 1.82) is 0 Å². The molecular weight excluding hydrogens is 330 g/mol. The van der Waals surface area contributed by atoms with Crippen molar-refractivity contribution in [3.63, 3.8) is 0 Å². The third-order valence-corrected chi connectivity index (χ3v) is 4.13. The molecule has 25 heavy (non-hydrogen) atoms. The number of hydrogen-bond acceptors (Lipinski definition) is 4. The lowest BCUT2D eigenvalue weighted by molar-refractivity contribution is -0.173. The van der Waals surface area contributed by atoms with Crippen molar-refractivity contribution >= 4 is 11.9 Å². The number of ether oxygens (including phenoxy) is 2. The normalized spacial score (nSPS) is 11.4. The van der Waals surface area contributed by atoms with Crippen molar-refractivity contribution in [2.45, 2.75) is 96.3 Å². The van der Waals surface area contributed by atoms with Crippen LogP contribution in [0.1, 0.15) is 90.4 Å². The topological polar surface area (TPSA) is 52.6 Å². The molecule has 0 N–H and O–H groups in total. The molecule has 148 valence electrons. The van der Waals surface area contributed by atoms with Crippen LogP contribution in [0.2, 0.25) is 0 Å². The number of unbranched alkanes of at least 4 members (excludes halogenated alkanes) is 9. The van der Waals surface area contributed by atoms with E-state index in [4.69, 9.17) is 4.74 Å². The van der Waals surface area contributed by atoms with Gasteiger partial charge in [0.2, 0.25) is 0 Å². The zero-order chi connectivity index (χ0) is 19.0. The molecule has 0 aliphatic heterocycles. The van der Waals surface area contributed by atoms with Gasteiger partial charge < -0.3 is 9.47 Å². The van der Waals surface area contributed by atoms with Crippen molar-refractivity contribution in [3.05, 3.63) is 0 Å². The van der Waals surface area contributed by atoms with Gasteiger partial charge in [-0.15, -0.1) is 0 Å². The largest absolute Gasteiger partial charge is 0.469 e. The smallest absolute Gasteiger partial charge is 0.376 e. The summed E-state index contributed by atoms with van der Waals surface area (Å²) in [6.07, 6.45) is 9.19. The minimum atomic E-state index is -3.36. The van der Waals surface area contributed by atoms with E-state index < -0.39 is 18.3 Å². The molecule has 0 fully saturated rings. The van der Waals surface area contributed by atoms with Crippen LogP contribution in [-0.4, -0.2) is 31.6 Å². The molecular formula is C19H34F2O4. The lowest BCUT2D eigenvalue weighted by atomic mass is 10.1. The standard InChI is InChI=1S/C19H34F2O4/c1-3-4-5-9-12-15-19(20,21)18(23)25-16-13-10-7-6-8-11-14-17(22)24-2/h3-16H2,1-2H3. The molecule has 0 unspecified atom stereocenters. The summed E-state index contributed by atoms with van der Waals surface area (Å²) < 4.78 is 36.5. The fourth-order valence-electron chi connectivity index (χ4n) is 2.50. The molecule has 0 radical (unpaired) electrons. The van der Waals surface area contributed by atoms with Gasteiger partial charge in [0.1, 0.15) is 0 Å². The second kappa shape index (κ2) is 15.1. The molecule has 0 saturated carbocycles. The van der Waals surface area contributed by atoms with Crippen LogP contribution >= 0.6 is 0 Å². The van der Waals surface area contributed by atoms with Gasteiger partial charge in [-0.05, 0) is 19.3 Å². The predicted molar refractivity (Wildman–Crippen MR) is 93.6 cm³/mol. The van der Waals surface area contributed by atoms with Gasteiger partial charge >= 0.3 is 17.9 Å². The van der Waals surface area contributed by atoms with Gasteiger partial charge in [0.05, 0.1) is 13.7 Å². The SMILES string of the molecule is CCCCCCCC(F)(F)C(=O)OCCCCCCCCC(=O)OC. The van der Waals surface area contributed by atoms with Gasteiger partial charge in [0, 0.05) is 12.8 Å². The Hall–Kier alpha value is -1.20. The fraction of sp³-hybridized carbons (Fsp3) is 0.895. The maximum absolute atomic E-state index is 13.6. The first-order valence-corrected chi connectivity index (χ1v) is 9.56. The van der Waals surface area contributed by atoms with Gasteiger partial charge in [-0.3, -0.25) is 4.79 Å². The third-order valence-electron chi connectivity index (χ3n) is 4.13. The van der Waals surface area contributed by atoms with E-state index in [9.17, 15) is 18.4 Å². The van der Waals surface area contributed by atoms with E-state index in [2.05, 4.69) is 11.7 Å². The van der Waals surface area contributed by atoms with E-state index >= 15 is 0 Å². The fourth-order valence-corrected chi connectivity index (χ4v) is 2.50. The molecule has 0 bridgehead atoms. The molecule has 0 rings (SSSR count). The summed E-state index contributed by atoms with van der Waals surface area (Å²) in [6, 6.07) is 0. The molecule has 0 heterocycles. The Morgan fingerprint density at radius 2 is 1.40 bits per heavy atom. The highest BCUT2D eigenvalue weighted by Gasteiger charge is 2.39. The number of carbonyl (C=O) groups is 2. The predicted octanol–water partition coefficient (Wildman–Crippen LogP) is 5.43. The molecule has 0 atom stereocenters. The Bertz CT molecular complexity index is 359. The van der Waals surface area contributed by atoms with Gasteiger partial charge in [0.15, 0.2) is 0 Å². The maximum atomic E-state index is 13.6. The van der Waals surface area contributed by atoms with Crippen LogP contribution in [0, 0.1) is 0 Å². The van der Waals surface area contributed by atoms with Gasteiger partial charge in [-0.2, -0.15) is 8.78 Å². The van der Waals surface area contributed by atoms with E-state index in [0.29, 0.717) is 19.3 Å². The van der Waals surface area contributed by atoms with Crippen LogP contribution in [0.25, 0.3) is 0 Å². The Morgan fingerprint density at radius 3 is 2.04 bits per heavy atom. The number of halogens is 2. The number of esters is 2. The quantitative estimate of drug-likeness (QED) is 0.271. The van der Waals surface area contributed by atoms with Crippen LogP contribution in [0.3, 0.4) is 0 Å². The number of alkyl halides is 2. The number of rotatable bonds is 16. The van der Waals surface area contributed by atoms with Crippen molar-refractivity contribution < 1.29 is 27.8 Å². The molecule has 6 heteroatoms. The second-order valence-corrected chi connectivity index (χ2v) is 6.45. The minimum absolute atomic E-state index is 0.0480. The van der Waals surface area contributed by atoms with Crippen LogP contribution in [0.5, 0.6) is 0 Å². The van der Waals surface area contributed by atoms with Crippen LogP contribution in [0.4, 0.5) is 8.78 Å². The molecule has 0 amide bonds. The zero-order valence-corrected chi connectivity index (χ0v) is 15.8. The van der Waals surface area contributed by atoms with Crippen molar-refractivity contribution in [2.75, 3.05) is 13.7 Å². The maximum Gasteiger partial charge on any atom is 0.376 e. The van der Waals surface area contributed by atoms with E-state index in [1.165, 1.54) is 7.11 Å².